The molecule has 0 saturated carbocycles. The van der Waals surface area contributed by atoms with E-state index in [9.17, 15) is 4.79 Å². The number of nitrogens with one attached hydrogen (secondary N) is 1. The second kappa shape index (κ2) is 4.25. The van der Waals surface area contributed by atoms with Gasteiger partial charge in [0.15, 0.2) is 5.65 Å². The van der Waals surface area contributed by atoms with Gasteiger partial charge in [-0.1, -0.05) is 0 Å². The Bertz CT molecular complexity index is 586. The lowest BCUT2D eigenvalue weighted by Gasteiger charge is -2.24. The van der Waals surface area contributed by atoms with E-state index in [4.69, 9.17) is 0 Å². The van der Waals surface area contributed by atoms with Crippen LogP contribution >= 0.6 is 0 Å². The van der Waals surface area contributed by atoms with Crippen LogP contribution in [0.15, 0.2) is 29.5 Å². The Hall–Kier alpha value is -1.75. The molecule has 5 heteroatoms. The fourth-order valence-corrected chi connectivity index (χ4v) is 2.31. The lowest BCUT2D eigenvalue weighted by molar-refractivity contribution is 0.363. The lowest BCUT2D eigenvalue weighted by Crippen LogP contribution is -2.36. The maximum Gasteiger partial charge on any atom is 0.263 e. The fourth-order valence-electron chi connectivity index (χ4n) is 2.31. The second-order valence-corrected chi connectivity index (χ2v) is 4.33. The van der Waals surface area contributed by atoms with Crippen LogP contribution in [-0.2, 0) is 0 Å². The van der Waals surface area contributed by atoms with Crippen LogP contribution in [0.1, 0.15) is 18.9 Å². The molecule has 0 aliphatic carbocycles. The maximum atomic E-state index is 12.3. The van der Waals surface area contributed by atoms with Gasteiger partial charge in [0.05, 0.1) is 11.4 Å². The van der Waals surface area contributed by atoms with Crippen molar-refractivity contribution in [3.63, 3.8) is 0 Å². The summed E-state index contributed by atoms with van der Waals surface area (Å²) in [5.74, 6) is 0. The minimum atomic E-state index is 0.0109. The predicted octanol–water partition coefficient (Wildman–Crippen LogP) is 0.716. The molecule has 17 heavy (non-hydrogen) atoms. The second-order valence-electron chi connectivity index (χ2n) is 4.33. The molecule has 1 aliphatic heterocycles. The Morgan fingerprint density at radius 2 is 2.35 bits per heavy atom. The van der Waals surface area contributed by atoms with E-state index in [1.807, 2.05) is 0 Å². The van der Waals surface area contributed by atoms with E-state index < -0.39 is 0 Å². The van der Waals surface area contributed by atoms with E-state index in [-0.39, 0.29) is 11.6 Å². The van der Waals surface area contributed by atoms with Gasteiger partial charge in [0.1, 0.15) is 6.33 Å². The highest BCUT2D eigenvalue weighted by Crippen LogP contribution is 2.14. The van der Waals surface area contributed by atoms with Gasteiger partial charge in [0, 0.05) is 12.7 Å². The maximum absolute atomic E-state index is 12.3. The van der Waals surface area contributed by atoms with Crippen LogP contribution in [0.2, 0.25) is 0 Å². The SMILES string of the molecule is O=c1c2cccnc2ncn1[C@H]1CCCNC1. The van der Waals surface area contributed by atoms with Crippen LogP contribution in [0.5, 0.6) is 0 Å². The number of pyridine rings is 1. The Morgan fingerprint density at radius 3 is 3.18 bits per heavy atom. The molecule has 0 amide bonds. The zero-order valence-corrected chi connectivity index (χ0v) is 9.47. The highest BCUT2D eigenvalue weighted by Gasteiger charge is 2.17. The van der Waals surface area contributed by atoms with Crippen LogP contribution in [0, 0.1) is 0 Å². The van der Waals surface area contributed by atoms with Crippen LogP contribution < -0.4 is 10.9 Å². The van der Waals surface area contributed by atoms with Gasteiger partial charge in [-0.25, -0.2) is 9.97 Å². The number of rotatable bonds is 1. The first-order valence-corrected chi connectivity index (χ1v) is 5.89. The van der Waals surface area contributed by atoms with E-state index in [2.05, 4.69) is 15.3 Å². The number of hydrogen-bond donors (Lipinski definition) is 1. The standard InChI is InChI=1S/C12H14N4O/c17-12-10-4-2-6-14-11(10)15-8-16(12)9-3-1-5-13-7-9/h2,4,6,8-9,13H,1,3,5,7H2/t9-/m0/s1. The van der Waals surface area contributed by atoms with Gasteiger partial charge in [-0.15, -0.1) is 0 Å². The minimum absolute atomic E-state index is 0.0109. The molecule has 2 aromatic heterocycles. The van der Waals surface area contributed by atoms with Crippen LogP contribution in [0.3, 0.4) is 0 Å². The van der Waals surface area contributed by atoms with Crippen molar-refractivity contribution < 1.29 is 0 Å². The molecular formula is C12H14N4O. The molecule has 0 radical (unpaired) electrons. The number of aromatic nitrogens is 3. The van der Waals surface area contributed by atoms with Crippen LogP contribution in [-0.4, -0.2) is 27.6 Å². The molecule has 1 N–H and O–H groups in total. The average molecular weight is 230 g/mol. The van der Waals surface area contributed by atoms with Crippen molar-refractivity contribution in [2.24, 2.45) is 0 Å². The number of nitrogens with zero attached hydrogens (tertiary/aromatic N) is 3. The van der Waals surface area contributed by atoms with E-state index in [1.54, 1.807) is 29.2 Å². The van der Waals surface area contributed by atoms with E-state index >= 15 is 0 Å². The molecule has 0 unspecified atom stereocenters. The van der Waals surface area contributed by atoms with E-state index in [1.165, 1.54) is 0 Å². The molecule has 0 bridgehead atoms. The summed E-state index contributed by atoms with van der Waals surface area (Å²) in [5.41, 5.74) is 0.536. The smallest absolute Gasteiger partial charge is 0.263 e. The van der Waals surface area contributed by atoms with Gasteiger partial charge in [0.25, 0.3) is 5.56 Å². The highest BCUT2D eigenvalue weighted by molar-refractivity contribution is 5.72. The third kappa shape index (κ3) is 1.82. The normalized spacial score (nSPS) is 20.6. The lowest BCUT2D eigenvalue weighted by atomic mass is 10.1. The van der Waals surface area contributed by atoms with Crippen molar-refractivity contribution in [1.82, 2.24) is 19.9 Å². The van der Waals surface area contributed by atoms with Gasteiger partial charge in [-0.3, -0.25) is 9.36 Å². The van der Waals surface area contributed by atoms with Gasteiger partial charge in [-0.2, -0.15) is 0 Å². The van der Waals surface area contributed by atoms with Crippen molar-refractivity contribution in [1.29, 1.82) is 0 Å². The summed E-state index contributed by atoms with van der Waals surface area (Å²) in [6.07, 6.45) is 5.40. The number of hydrogen-bond acceptors (Lipinski definition) is 4. The first-order valence-electron chi connectivity index (χ1n) is 5.89. The molecule has 1 aliphatic rings. The van der Waals surface area contributed by atoms with Gasteiger partial charge >= 0.3 is 0 Å². The Kier molecular flexibility index (Phi) is 2.60. The van der Waals surface area contributed by atoms with Gasteiger partial charge in [0.2, 0.25) is 0 Å². The van der Waals surface area contributed by atoms with Crippen molar-refractivity contribution in [2.75, 3.05) is 13.1 Å². The molecule has 3 heterocycles. The fraction of sp³-hybridized carbons (Fsp3) is 0.417. The van der Waals surface area contributed by atoms with Crippen molar-refractivity contribution in [3.05, 3.63) is 35.0 Å². The molecule has 1 atom stereocenters. The summed E-state index contributed by atoms with van der Waals surface area (Å²) in [6, 6.07) is 3.77. The largest absolute Gasteiger partial charge is 0.315 e. The Morgan fingerprint density at radius 1 is 1.41 bits per heavy atom. The molecule has 1 fully saturated rings. The number of fused-ring (bicyclic) bond motifs is 1. The predicted molar refractivity (Wildman–Crippen MR) is 64.9 cm³/mol. The molecule has 88 valence electrons. The average Bonchev–Trinajstić information content (AvgIpc) is 2.40. The van der Waals surface area contributed by atoms with Crippen molar-refractivity contribution >= 4 is 11.0 Å². The van der Waals surface area contributed by atoms with Crippen molar-refractivity contribution in [2.45, 2.75) is 18.9 Å². The Balaban J connectivity index is 2.11. The van der Waals surface area contributed by atoms with Crippen LogP contribution in [0.25, 0.3) is 11.0 Å². The molecule has 0 aromatic carbocycles. The number of piperidine rings is 1. The third-order valence-corrected chi connectivity index (χ3v) is 3.22. The van der Waals surface area contributed by atoms with E-state index in [0.717, 1.165) is 25.9 Å². The summed E-state index contributed by atoms with van der Waals surface area (Å²) >= 11 is 0. The first-order chi connectivity index (χ1) is 8.36. The highest BCUT2D eigenvalue weighted by atomic mass is 16.1. The zero-order valence-electron chi connectivity index (χ0n) is 9.47. The molecule has 5 nitrogen and oxygen atoms in total. The minimum Gasteiger partial charge on any atom is -0.315 e. The monoisotopic (exact) mass is 230 g/mol. The van der Waals surface area contributed by atoms with Gasteiger partial charge in [-0.05, 0) is 31.5 Å². The Labute approximate surface area is 98.5 Å². The zero-order chi connectivity index (χ0) is 11.7. The summed E-state index contributed by atoms with van der Waals surface area (Å²) in [5, 5.41) is 3.90. The first kappa shape index (κ1) is 10.4. The molecule has 2 aromatic rings. The summed E-state index contributed by atoms with van der Waals surface area (Å²) in [6.45, 7) is 1.88. The quantitative estimate of drug-likeness (QED) is 0.784. The van der Waals surface area contributed by atoms with Crippen molar-refractivity contribution in [3.8, 4) is 0 Å². The van der Waals surface area contributed by atoms with Gasteiger partial charge < -0.3 is 5.32 Å². The summed E-state index contributed by atoms with van der Waals surface area (Å²) < 4.78 is 1.73. The summed E-state index contributed by atoms with van der Waals surface area (Å²) in [4.78, 5) is 20.6. The molecular weight excluding hydrogens is 216 g/mol. The molecule has 3 rings (SSSR count). The topological polar surface area (TPSA) is 59.8 Å². The summed E-state index contributed by atoms with van der Waals surface area (Å²) in [7, 11) is 0. The third-order valence-electron chi connectivity index (χ3n) is 3.22. The molecule has 0 spiro atoms. The van der Waals surface area contributed by atoms with E-state index in [0.29, 0.717) is 11.0 Å². The van der Waals surface area contributed by atoms with Crippen LogP contribution in [0.4, 0.5) is 0 Å². The molecule has 1 saturated heterocycles.